The zero-order valence-corrected chi connectivity index (χ0v) is 13.9. The lowest BCUT2D eigenvalue weighted by molar-refractivity contribution is -0.131. The molecule has 0 spiro atoms. The van der Waals surface area contributed by atoms with Crippen LogP contribution in [0.25, 0.3) is 10.9 Å². The minimum atomic E-state index is -0.0863. The van der Waals surface area contributed by atoms with Crippen LogP contribution in [0.3, 0.4) is 0 Å². The number of nitrogens with one attached hydrogen (secondary N) is 1. The number of aromatic nitrogens is 1. The SMILES string of the molecule is Cn1c(=O)c(CN2CCN3CCNC(=O)[C@H]3C2)cc2ccccc21. The molecule has 0 bridgehead atoms. The number of piperazine rings is 2. The standard InChI is InChI=1S/C18H22N4O2/c1-20-15-5-3-2-4-13(15)10-14(18(20)24)11-21-8-9-22-7-6-19-17(23)16(22)12-21/h2-5,10,16H,6-9,11-12H2,1H3,(H,19,23)/t16-/m1/s1. The van der Waals surface area contributed by atoms with Crippen molar-refractivity contribution in [3.63, 3.8) is 0 Å². The van der Waals surface area contributed by atoms with Crippen LogP contribution in [-0.4, -0.2) is 59.0 Å². The average molecular weight is 326 g/mol. The van der Waals surface area contributed by atoms with Gasteiger partial charge in [0.25, 0.3) is 5.56 Å². The molecule has 1 amide bonds. The Bertz CT molecular complexity index is 845. The second-order valence-electron chi connectivity index (χ2n) is 6.67. The molecule has 2 aliphatic heterocycles. The third-order valence-electron chi connectivity index (χ3n) is 5.18. The number of nitrogens with zero attached hydrogens (tertiary/aromatic N) is 3. The van der Waals surface area contributed by atoms with Crippen molar-refractivity contribution in [1.29, 1.82) is 0 Å². The highest BCUT2D eigenvalue weighted by atomic mass is 16.2. The molecule has 1 aromatic carbocycles. The normalized spacial score (nSPS) is 22.4. The summed E-state index contributed by atoms with van der Waals surface area (Å²) in [7, 11) is 1.82. The van der Waals surface area contributed by atoms with E-state index in [0.29, 0.717) is 13.1 Å². The number of para-hydroxylation sites is 1. The van der Waals surface area contributed by atoms with E-state index in [0.717, 1.165) is 42.6 Å². The number of fused-ring (bicyclic) bond motifs is 2. The van der Waals surface area contributed by atoms with Crippen LogP contribution in [0.2, 0.25) is 0 Å². The molecule has 4 rings (SSSR count). The van der Waals surface area contributed by atoms with E-state index in [1.807, 2.05) is 37.4 Å². The molecule has 2 aromatic rings. The molecule has 0 aliphatic carbocycles. The molecule has 1 aromatic heterocycles. The second-order valence-corrected chi connectivity index (χ2v) is 6.67. The van der Waals surface area contributed by atoms with Crippen molar-refractivity contribution in [3.8, 4) is 0 Å². The monoisotopic (exact) mass is 326 g/mol. The van der Waals surface area contributed by atoms with Gasteiger partial charge in [-0.15, -0.1) is 0 Å². The van der Waals surface area contributed by atoms with Gasteiger partial charge in [-0.3, -0.25) is 19.4 Å². The van der Waals surface area contributed by atoms with E-state index in [1.54, 1.807) is 4.57 Å². The summed E-state index contributed by atoms with van der Waals surface area (Å²) >= 11 is 0. The van der Waals surface area contributed by atoms with Gasteiger partial charge >= 0.3 is 0 Å². The number of pyridine rings is 1. The maximum absolute atomic E-state index is 12.7. The lowest BCUT2D eigenvalue weighted by Gasteiger charge is -2.43. The van der Waals surface area contributed by atoms with Gasteiger partial charge in [-0.2, -0.15) is 0 Å². The topological polar surface area (TPSA) is 57.6 Å². The van der Waals surface area contributed by atoms with Crippen molar-refractivity contribution in [2.24, 2.45) is 7.05 Å². The Hall–Kier alpha value is -2.18. The molecule has 2 aliphatic rings. The van der Waals surface area contributed by atoms with Crippen LogP contribution < -0.4 is 10.9 Å². The molecule has 24 heavy (non-hydrogen) atoms. The molecule has 0 saturated carbocycles. The number of amides is 1. The Labute approximate surface area is 140 Å². The minimum absolute atomic E-state index is 0.0456. The molecule has 0 radical (unpaired) electrons. The van der Waals surface area contributed by atoms with Gasteiger partial charge in [0.2, 0.25) is 5.91 Å². The van der Waals surface area contributed by atoms with Crippen molar-refractivity contribution in [2.45, 2.75) is 12.6 Å². The fourth-order valence-corrected chi connectivity index (χ4v) is 3.82. The molecule has 0 unspecified atom stereocenters. The molecule has 2 fully saturated rings. The lowest BCUT2D eigenvalue weighted by atomic mass is 10.1. The van der Waals surface area contributed by atoms with Crippen LogP contribution in [0.5, 0.6) is 0 Å². The molecule has 6 heteroatoms. The van der Waals surface area contributed by atoms with Gasteiger partial charge in [-0.25, -0.2) is 0 Å². The van der Waals surface area contributed by atoms with Crippen LogP contribution in [0, 0.1) is 0 Å². The molecule has 3 heterocycles. The van der Waals surface area contributed by atoms with Crippen molar-refractivity contribution < 1.29 is 4.79 Å². The van der Waals surface area contributed by atoms with Gasteiger partial charge in [-0.1, -0.05) is 18.2 Å². The molecule has 1 N–H and O–H groups in total. The average Bonchev–Trinajstić information content (AvgIpc) is 2.60. The highest BCUT2D eigenvalue weighted by Crippen LogP contribution is 2.17. The number of carbonyl (C=O) groups excluding carboxylic acids is 1. The fraction of sp³-hybridized carbons (Fsp3) is 0.444. The van der Waals surface area contributed by atoms with Gasteiger partial charge in [0.05, 0.1) is 5.52 Å². The zero-order valence-electron chi connectivity index (χ0n) is 13.9. The smallest absolute Gasteiger partial charge is 0.255 e. The maximum Gasteiger partial charge on any atom is 0.255 e. The van der Waals surface area contributed by atoms with E-state index >= 15 is 0 Å². The molecule has 1 atom stereocenters. The number of carbonyl (C=O) groups is 1. The second kappa shape index (κ2) is 6.03. The third-order valence-corrected chi connectivity index (χ3v) is 5.18. The maximum atomic E-state index is 12.7. The van der Waals surface area contributed by atoms with Crippen molar-refractivity contribution >= 4 is 16.8 Å². The summed E-state index contributed by atoms with van der Waals surface area (Å²) in [6.07, 6.45) is 0. The van der Waals surface area contributed by atoms with Gasteiger partial charge in [0.1, 0.15) is 6.04 Å². The zero-order chi connectivity index (χ0) is 16.7. The van der Waals surface area contributed by atoms with Gasteiger partial charge in [0.15, 0.2) is 0 Å². The summed E-state index contributed by atoms with van der Waals surface area (Å²) in [5, 5.41) is 4.01. The summed E-state index contributed by atoms with van der Waals surface area (Å²) in [6.45, 7) is 4.70. The highest BCUT2D eigenvalue weighted by Gasteiger charge is 2.34. The number of rotatable bonds is 2. The lowest BCUT2D eigenvalue weighted by Crippen LogP contribution is -2.63. The molecular weight excluding hydrogens is 304 g/mol. The Kier molecular flexibility index (Phi) is 3.86. The van der Waals surface area contributed by atoms with E-state index < -0.39 is 0 Å². The Morgan fingerprint density at radius 2 is 2.00 bits per heavy atom. The summed E-state index contributed by atoms with van der Waals surface area (Å²) in [4.78, 5) is 29.2. The van der Waals surface area contributed by atoms with Crippen molar-refractivity contribution in [3.05, 3.63) is 46.2 Å². The number of aryl methyl sites for hydroxylation is 1. The van der Waals surface area contributed by atoms with E-state index in [1.165, 1.54) is 0 Å². The van der Waals surface area contributed by atoms with E-state index in [2.05, 4.69) is 15.1 Å². The highest BCUT2D eigenvalue weighted by molar-refractivity contribution is 5.83. The van der Waals surface area contributed by atoms with Crippen LogP contribution in [0.4, 0.5) is 0 Å². The largest absolute Gasteiger partial charge is 0.353 e. The number of hydrogen-bond acceptors (Lipinski definition) is 4. The van der Waals surface area contributed by atoms with Crippen LogP contribution in [-0.2, 0) is 18.4 Å². The predicted octanol–water partition coefficient (Wildman–Crippen LogP) is 0.155. The quantitative estimate of drug-likeness (QED) is 0.854. The molecule has 6 nitrogen and oxygen atoms in total. The Morgan fingerprint density at radius 1 is 1.17 bits per heavy atom. The van der Waals surface area contributed by atoms with Crippen molar-refractivity contribution in [1.82, 2.24) is 19.7 Å². The Morgan fingerprint density at radius 3 is 2.88 bits per heavy atom. The van der Waals surface area contributed by atoms with Crippen LogP contribution in [0.15, 0.2) is 35.1 Å². The molecular formula is C18H22N4O2. The number of hydrogen-bond donors (Lipinski definition) is 1. The first kappa shape index (κ1) is 15.4. The fourth-order valence-electron chi connectivity index (χ4n) is 3.82. The number of benzene rings is 1. The van der Waals surface area contributed by atoms with Crippen molar-refractivity contribution in [2.75, 3.05) is 32.7 Å². The first-order valence-corrected chi connectivity index (χ1v) is 8.45. The molecule has 126 valence electrons. The van der Waals surface area contributed by atoms with Gasteiger partial charge in [-0.05, 0) is 17.5 Å². The predicted molar refractivity (Wildman–Crippen MR) is 92.8 cm³/mol. The first-order chi connectivity index (χ1) is 11.6. The summed E-state index contributed by atoms with van der Waals surface area (Å²) in [5.41, 5.74) is 1.79. The van der Waals surface area contributed by atoms with Crippen LogP contribution >= 0.6 is 0 Å². The summed E-state index contributed by atoms with van der Waals surface area (Å²) in [5.74, 6) is 0.109. The van der Waals surface area contributed by atoms with Gasteiger partial charge < -0.3 is 9.88 Å². The first-order valence-electron chi connectivity index (χ1n) is 8.45. The van der Waals surface area contributed by atoms with E-state index in [-0.39, 0.29) is 17.5 Å². The van der Waals surface area contributed by atoms with E-state index in [9.17, 15) is 9.59 Å². The Balaban J connectivity index is 1.59. The van der Waals surface area contributed by atoms with Crippen LogP contribution in [0.1, 0.15) is 5.56 Å². The molecule has 2 saturated heterocycles. The third kappa shape index (κ3) is 2.61. The summed E-state index contributed by atoms with van der Waals surface area (Å²) in [6, 6.07) is 9.84. The minimum Gasteiger partial charge on any atom is -0.353 e. The van der Waals surface area contributed by atoms with Gasteiger partial charge in [0, 0.05) is 51.9 Å². The summed E-state index contributed by atoms with van der Waals surface area (Å²) < 4.78 is 1.72. The van der Waals surface area contributed by atoms with E-state index in [4.69, 9.17) is 0 Å².